The van der Waals surface area contributed by atoms with Crippen LogP contribution >= 0.6 is 11.6 Å². The third-order valence-corrected chi connectivity index (χ3v) is 3.79. The highest BCUT2D eigenvalue weighted by atomic mass is 35.5. The topological polar surface area (TPSA) is 75.5 Å². The molecule has 1 N–H and O–H groups in total. The van der Waals surface area contributed by atoms with Gasteiger partial charge in [-0.25, -0.2) is 0 Å². The standard InChI is InChI=1S/C14H20ClN3O3/c1-5-9(3)17(6-2)14(19)10-7-11(15)13(16-4)12(8-10)18(20)21/h7-9,16H,5-6H2,1-4H3. The molecule has 1 amide bonds. The molecule has 0 fully saturated rings. The molecule has 7 heteroatoms. The molecular formula is C14H20ClN3O3. The molecule has 116 valence electrons. The molecule has 0 spiro atoms. The Balaban J connectivity index is 3.31. The lowest BCUT2D eigenvalue weighted by molar-refractivity contribution is -0.384. The zero-order valence-electron chi connectivity index (χ0n) is 12.6. The normalized spacial score (nSPS) is 11.9. The van der Waals surface area contributed by atoms with E-state index in [4.69, 9.17) is 11.6 Å². The van der Waals surface area contributed by atoms with Crippen LogP contribution in [0.25, 0.3) is 0 Å². The Kier molecular flexibility index (Phi) is 5.96. The monoisotopic (exact) mass is 313 g/mol. The molecule has 1 aromatic carbocycles. The van der Waals surface area contributed by atoms with Crippen LogP contribution < -0.4 is 5.32 Å². The van der Waals surface area contributed by atoms with Crippen LogP contribution in [0.2, 0.25) is 5.02 Å². The van der Waals surface area contributed by atoms with Crippen LogP contribution in [0.1, 0.15) is 37.6 Å². The van der Waals surface area contributed by atoms with Crippen LogP contribution in [0.3, 0.4) is 0 Å². The molecule has 0 saturated heterocycles. The van der Waals surface area contributed by atoms with Crippen LogP contribution in [-0.2, 0) is 0 Å². The number of carbonyl (C=O) groups excluding carboxylic acids is 1. The van der Waals surface area contributed by atoms with Crippen LogP contribution in [0.4, 0.5) is 11.4 Å². The number of halogens is 1. The fourth-order valence-electron chi connectivity index (χ4n) is 2.15. The Morgan fingerprint density at radius 1 is 1.48 bits per heavy atom. The van der Waals surface area contributed by atoms with Gasteiger partial charge in [-0.1, -0.05) is 18.5 Å². The SMILES string of the molecule is CCC(C)N(CC)C(=O)c1cc(Cl)c(NC)c([N+](=O)[O-])c1. The molecule has 0 bridgehead atoms. The summed E-state index contributed by atoms with van der Waals surface area (Å²) in [6, 6.07) is 2.79. The molecule has 0 aliphatic carbocycles. The van der Waals surface area contributed by atoms with Crippen molar-refractivity contribution in [2.75, 3.05) is 18.9 Å². The predicted octanol–water partition coefficient (Wildman–Crippen LogP) is 3.55. The summed E-state index contributed by atoms with van der Waals surface area (Å²) in [6.07, 6.45) is 0.810. The lowest BCUT2D eigenvalue weighted by Gasteiger charge is -2.27. The summed E-state index contributed by atoms with van der Waals surface area (Å²) in [5, 5.41) is 14.0. The van der Waals surface area contributed by atoms with Gasteiger partial charge in [0.1, 0.15) is 5.69 Å². The number of rotatable bonds is 6. The van der Waals surface area contributed by atoms with E-state index in [0.717, 1.165) is 6.42 Å². The third kappa shape index (κ3) is 3.64. The van der Waals surface area contributed by atoms with Crippen LogP contribution in [0, 0.1) is 10.1 Å². The lowest BCUT2D eigenvalue weighted by atomic mass is 10.1. The molecule has 21 heavy (non-hydrogen) atoms. The van der Waals surface area contributed by atoms with Crippen molar-refractivity contribution in [1.29, 1.82) is 0 Å². The van der Waals surface area contributed by atoms with Gasteiger partial charge < -0.3 is 10.2 Å². The number of nitrogens with one attached hydrogen (secondary N) is 1. The maximum Gasteiger partial charge on any atom is 0.294 e. The second-order valence-electron chi connectivity index (χ2n) is 4.71. The third-order valence-electron chi connectivity index (χ3n) is 3.49. The van der Waals surface area contributed by atoms with Crippen molar-refractivity contribution < 1.29 is 9.72 Å². The van der Waals surface area contributed by atoms with Crippen molar-refractivity contribution >= 4 is 28.9 Å². The molecule has 1 unspecified atom stereocenters. The summed E-state index contributed by atoms with van der Waals surface area (Å²) in [7, 11) is 1.55. The molecule has 1 rings (SSSR count). The van der Waals surface area contributed by atoms with Gasteiger partial charge in [0.25, 0.3) is 11.6 Å². The van der Waals surface area contributed by atoms with Gasteiger partial charge >= 0.3 is 0 Å². The molecular weight excluding hydrogens is 294 g/mol. The van der Waals surface area contributed by atoms with E-state index in [9.17, 15) is 14.9 Å². The highest BCUT2D eigenvalue weighted by Crippen LogP contribution is 2.33. The summed E-state index contributed by atoms with van der Waals surface area (Å²) in [5.41, 5.74) is 0.242. The number of nitro benzene ring substituents is 1. The fraction of sp³-hybridized carbons (Fsp3) is 0.500. The average molecular weight is 314 g/mol. The molecule has 0 radical (unpaired) electrons. The van der Waals surface area contributed by atoms with Gasteiger partial charge in [0.2, 0.25) is 0 Å². The number of anilines is 1. The Bertz CT molecular complexity index is 549. The predicted molar refractivity (Wildman–Crippen MR) is 84.1 cm³/mol. The van der Waals surface area contributed by atoms with Crippen molar-refractivity contribution in [2.24, 2.45) is 0 Å². The fourth-order valence-corrected chi connectivity index (χ4v) is 2.46. The average Bonchev–Trinajstić information content (AvgIpc) is 2.46. The first-order chi connectivity index (χ1) is 9.87. The number of nitro groups is 1. The van der Waals surface area contributed by atoms with E-state index in [1.807, 2.05) is 20.8 Å². The van der Waals surface area contributed by atoms with Gasteiger partial charge in [0.05, 0.1) is 9.95 Å². The van der Waals surface area contributed by atoms with E-state index in [1.54, 1.807) is 11.9 Å². The Morgan fingerprint density at radius 2 is 2.10 bits per heavy atom. The smallest absolute Gasteiger partial charge is 0.294 e. The minimum Gasteiger partial charge on any atom is -0.381 e. The second-order valence-corrected chi connectivity index (χ2v) is 5.11. The molecule has 6 nitrogen and oxygen atoms in total. The van der Waals surface area contributed by atoms with Crippen LogP contribution in [0.15, 0.2) is 12.1 Å². The van der Waals surface area contributed by atoms with E-state index in [0.29, 0.717) is 6.54 Å². The van der Waals surface area contributed by atoms with Crippen LogP contribution in [0.5, 0.6) is 0 Å². The Hall–Kier alpha value is -1.82. The zero-order valence-corrected chi connectivity index (χ0v) is 13.4. The first-order valence-corrected chi connectivity index (χ1v) is 7.21. The minimum atomic E-state index is -0.548. The van der Waals surface area contributed by atoms with Gasteiger partial charge in [-0.15, -0.1) is 0 Å². The van der Waals surface area contributed by atoms with Crippen molar-refractivity contribution in [3.05, 3.63) is 32.8 Å². The largest absolute Gasteiger partial charge is 0.381 e. The summed E-state index contributed by atoms with van der Waals surface area (Å²) in [4.78, 5) is 24.8. The molecule has 1 aromatic rings. The number of carbonyl (C=O) groups is 1. The molecule has 0 aliphatic heterocycles. The van der Waals surface area contributed by atoms with E-state index >= 15 is 0 Å². The molecule has 1 atom stereocenters. The van der Waals surface area contributed by atoms with E-state index < -0.39 is 4.92 Å². The van der Waals surface area contributed by atoms with Crippen molar-refractivity contribution in [3.8, 4) is 0 Å². The van der Waals surface area contributed by atoms with Gasteiger partial charge in [0.15, 0.2) is 0 Å². The first kappa shape index (κ1) is 17.2. The van der Waals surface area contributed by atoms with E-state index in [1.165, 1.54) is 12.1 Å². The quantitative estimate of drug-likeness (QED) is 0.643. The lowest BCUT2D eigenvalue weighted by Crippen LogP contribution is -2.38. The zero-order chi connectivity index (χ0) is 16.2. The highest BCUT2D eigenvalue weighted by molar-refractivity contribution is 6.34. The molecule has 0 aliphatic rings. The van der Waals surface area contributed by atoms with Gasteiger partial charge in [-0.05, 0) is 26.3 Å². The summed E-state index contributed by atoms with van der Waals surface area (Å²) in [5.74, 6) is -0.250. The number of benzene rings is 1. The number of hydrogen-bond acceptors (Lipinski definition) is 4. The number of nitrogens with zero attached hydrogens (tertiary/aromatic N) is 2. The van der Waals surface area contributed by atoms with Gasteiger partial charge in [-0.2, -0.15) is 0 Å². The molecule has 0 aromatic heterocycles. The van der Waals surface area contributed by atoms with Crippen molar-refractivity contribution in [1.82, 2.24) is 4.90 Å². The maximum atomic E-state index is 12.5. The highest BCUT2D eigenvalue weighted by Gasteiger charge is 2.24. The summed E-state index contributed by atoms with van der Waals surface area (Å²) >= 11 is 6.05. The maximum absolute atomic E-state index is 12.5. The molecule has 0 heterocycles. The Morgan fingerprint density at radius 3 is 2.52 bits per heavy atom. The van der Waals surface area contributed by atoms with Crippen LogP contribution in [-0.4, -0.2) is 35.4 Å². The van der Waals surface area contributed by atoms with Crippen molar-refractivity contribution in [3.63, 3.8) is 0 Å². The van der Waals surface area contributed by atoms with Gasteiger partial charge in [-0.3, -0.25) is 14.9 Å². The van der Waals surface area contributed by atoms with E-state index in [-0.39, 0.29) is 33.9 Å². The number of amides is 1. The minimum absolute atomic E-state index is 0.0595. The number of hydrogen-bond donors (Lipinski definition) is 1. The molecule has 0 saturated carbocycles. The Labute approximate surface area is 129 Å². The first-order valence-electron chi connectivity index (χ1n) is 6.83. The second kappa shape index (κ2) is 7.26. The van der Waals surface area contributed by atoms with E-state index in [2.05, 4.69) is 5.32 Å². The summed E-state index contributed by atoms with van der Waals surface area (Å²) < 4.78 is 0. The van der Waals surface area contributed by atoms with Crippen molar-refractivity contribution in [2.45, 2.75) is 33.2 Å². The van der Waals surface area contributed by atoms with Gasteiger partial charge in [0, 0.05) is 31.3 Å². The summed E-state index contributed by atoms with van der Waals surface area (Å²) in [6.45, 7) is 6.34.